The van der Waals surface area contributed by atoms with Gasteiger partial charge in [-0.2, -0.15) is 0 Å². The number of ether oxygens (including phenoxy) is 1. The molecule has 2 aliphatic rings. The summed E-state index contributed by atoms with van der Waals surface area (Å²) in [5, 5.41) is 13.8. The lowest BCUT2D eigenvalue weighted by Gasteiger charge is -2.38. The van der Waals surface area contributed by atoms with Crippen LogP contribution in [0, 0.1) is 0 Å². The van der Waals surface area contributed by atoms with Gasteiger partial charge in [0.2, 0.25) is 5.91 Å². The summed E-state index contributed by atoms with van der Waals surface area (Å²) in [5.41, 5.74) is 2.26. The fourth-order valence-corrected chi connectivity index (χ4v) is 4.00. The molecule has 0 aliphatic carbocycles. The van der Waals surface area contributed by atoms with Crippen LogP contribution in [-0.4, -0.2) is 42.2 Å². The lowest BCUT2D eigenvalue weighted by molar-refractivity contribution is -0.116. The first-order chi connectivity index (χ1) is 13.1. The molecule has 0 radical (unpaired) electrons. The number of carbonyl (C=O) groups excluding carboxylic acids is 1. The lowest BCUT2D eigenvalue weighted by atomic mass is 9.84. The number of fused-ring (bicyclic) bond motifs is 1. The van der Waals surface area contributed by atoms with Crippen LogP contribution in [0.3, 0.4) is 0 Å². The first kappa shape index (κ1) is 18.0. The third-order valence-electron chi connectivity index (χ3n) is 5.67. The van der Waals surface area contributed by atoms with E-state index in [4.69, 9.17) is 4.74 Å². The maximum Gasteiger partial charge on any atom is 0.224 e. The number of nitrogens with one attached hydrogen (secondary N) is 1. The van der Waals surface area contributed by atoms with E-state index in [0.29, 0.717) is 13.0 Å². The molecular formula is C22H26N2O3. The molecule has 0 unspecified atom stereocenters. The number of hydrogen-bond acceptors (Lipinski definition) is 4. The quantitative estimate of drug-likeness (QED) is 0.854. The van der Waals surface area contributed by atoms with Crippen LogP contribution in [0.5, 0.6) is 5.75 Å². The molecule has 0 bridgehead atoms. The number of nitrogens with zero attached hydrogens (tertiary/aromatic N) is 1. The fourth-order valence-electron chi connectivity index (χ4n) is 4.00. The molecule has 2 N–H and O–H groups in total. The standard InChI is InChI=1S/C22H26N2O3/c25-21-10-9-18-19(23-21)7-4-8-20(18)27-16-15-24-13-11-22(26,12-14-24)17-5-2-1-3-6-17/h1-8,26H,9-16H2,(H,23,25). The van der Waals surface area contributed by atoms with Gasteiger partial charge in [0.05, 0.1) is 5.60 Å². The van der Waals surface area contributed by atoms with Crippen molar-refractivity contribution in [2.24, 2.45) is 0 Å². The van der Waals surface area contributed by atoms with Crippen molar-refractivity contribution in [3.05, 3.63) is 59.7 Å². The van der Waals surface area contributed by atoms with Gasteiger partial charge in [0.1, 0.15) is 12.4 Å². The summed E-state index contributed by atoms with van der Waals surface area (Å²) < 4.78 is 6.02. The predicted octanol–water partition coefficient (Wildman–Crippen LogP) is 2.93. The second kappa shape index (κ2) is 7.71. The highest BCUT2D eigenvalue weighted by Gasteiger charge is 2.33. The largest absolute Gasteiger partial charge is 0.492 e. The van der Waals surface area contributed by atoms with Crippen LogP contribution in [0.25, 0.3) is 0 Å². The van der Waals surface area contributed by atoms with Gasteiger partial charge >= 0.3 is 0 Å². The molecule has 5 nitrogen and oxygen atoms in total. The normalized spacial score (nSPS) is 19.2. The summed E-state index contributed by atoms with van der Waals surface area (Å²) in [4.78, 5) is 13.9. The number of carbonyl (C=O) groups is 1. The summed E-state index contributed by atoms with van der Waals surface area (Å²) in [7, 11) is 0. The Kier molecular flexibility index (Phi) is 5.14. The van der Waals surface area contributed by atoms with Crippen molar-refractivity contribution in [1.29, 1.82) is 0 Å². The van der Waals surface area contributed by atoms with Gasteiger partial charge in [0.15, 0.2) is 0 Å². The maximum atomic E-state index is 11.5. The Morgan fingerprint density at radius 3 is 2.59 bits per heavy atom. The number of aliphatic hydroxyl groups is 1. The van der Waals surface area contributed by atoms with Crippen molar-refractivity contribution in [3.8, 4) is 5.75 Å². The highest BCUT2D eigenvalue weighted by molar-refractivity contribution is 5.94. The Morgan fingerprint density at radius 2 is 1.81 bits per heavy atom. The topological polar surface area (TPSA) is 61.8 Å². The maximum absolute atomic E-state index is 11.5. The van der Waals surface area contributed by atoms with Crippen LogP contribution in [0.15, 0.2) is 48.5 Å². The zero-order valence-electron chi connectivity index (χ0n) is 15.5. The van der Waals surface area contributed by atoms with Gasteiger partial charge in [-0.3, -0.25) is 9.69 Å². The number of piperidine rings is 1. The van der Waals surface area contributed by atoms with Gasteiger partial charge in [0.25, 0.3) is 0 Å². The van der Waals surface area contributed by atoms with Crippen molar-refractivity contribution in [2.75, 3.05) is 31.6 Å². The van der Waals surface area contributed by atoms with E-state index in [0.717, 1.165) is 61.5 Å². The van der Waals surface area contributed by atoms with E-state index in [1.807, 2.05) is 48.5 Å². The van der Waals surface area contributed by atoms with Gasteiger partial charge < -0.3 is 15.2 Å². The highest BCUT2D eigenvalue weighted by Crippen LogP contribution is 2.33. The van der Waals surface area contributed by atoms with Crippen molar-refractivity contribution in [1.82, 2.24) is 4.90 Å². The summed E-state index contributed by atoms with van der Waals surface area (Å²) in [6.07, 6.45) is 2.72. The molecule has 0 atom stereocenters. The molecule has 1 amide bonds. The van der Waals surface area contributed by atoms with E-state index in [1.165, 1.54) is 0 Å². The van der Waals surface area contributed by atoms with Crippen LogP contribution < -0.4 is 10.1 Å². The minimum absolute atomic E-state index is 0.0684. The lowest BCUT2D eigenvalue weighted by Crippen LogP contribution is -2.43. The first-order valence-corrected chi connectivity index (χ1v) is 9.69. The van der Waals surface area contributed by atoms with E-state index in [9.17, 15) is 9.90 Å². The molecule has 27 heavy (non-hydrogen) atoms. The predicted molar refractivity (Wildman–Crippen MR) is 105 cm³/mol. The van der Waals surface area contributed by atoms with E-state index in [1.54, 1.807) is 0 Å². The number of anilines is 1. The summed E-state index contributed by atoms with van der Waals surface area (Å²) in [6, 6.07) is 15.8. The molecule has 1 fully saturated rings. The molecule has 2 heterocycles. The Bertz CT molecular complexity index is 798. The molecule has 0 aromatic heterocycles. The molecule has 2 aromatic carbocycles. The Labute approximate surface area is 160 Å². The van der Waals surface area contributed by atoms with E-state index >= 15 is 0 Å². The van der Waals surface area contributed by atoms with Crippen molar-refractivity contribution in [2.45, 2.75) is 31.3 Å². The Hall–Kier alpha value is -2.37. The minimum Gasteiger partial charge on any atom is -0.492 e. The number of amides is 1. The number of benzene rings is 2. The van der Waals surface area contributed by atoms with Gasteiger partial charge in [-0.1, -0.05) is 36.4 Å². The molecule has 0 spiro atoms. The zero-order valence-corrected chi connectivity index (χ0v) is 15.5. The van der Waals surface area contributed by atoms with Crippen LogP contribution in [0.1, 0.15) is 30.4 Å². The van der Waals surface area contributed by atoms with Gasteiger partial charge in [-0.15, -0.1) is 0 Å². The van der Waals surface area contributed by atoms with Gasteiger partial charge in [0, 0.05) is 37.3 Å². The van der Waals surface area contributed by atoms with E-state index in [-0.39, 0.29) is 5.91 Å². The van der Waals surface area contributed by atoms with Crippen LogP contribution >= 0.6 is 0 Å². The minimum atomic E-state index is -0.713. The average Bonchev–Trinajstić information content (AvgIpc) is 2.70. The summed E-state index contributed by atoms with van der Waals surface area (Å²) in [5.74, 6) is 0.934. The van der Waals surface area contributed by atoms with Crippen molar-refractivity contribution < 1.29 is 14.6 Å². The van der Waals surface area contributed by atoms with Crippen LogP contribution in [0.4, 0.5) is 5.69 Å². The summed E-state index contributed by atoms with van der Waals surface area (Å²) >= 11 is 0. The Morgan fingerprint density at radius 1 is 1.04 bits per heavy atom. The number of rotatable bonds is 5. The van der Waals surface area contributed by atoms with Gasteiger partial charge in [-0.05, 0) is 37.0 Å². The van der Waals surface area contributed by atoms with Crippen LogP contribution in [0.2, 0.25) is 0 Å². The molecule has 1 saturated heterocycles. The van der Waals surface area contributed by atoms with E-state index < -0.39 is 5.60 Å². The Balaban J connectivity index is 1.29. The highest BCUT2D eigenvalue weighted by atomic mass is 16.5. The molecule has 142 valence electrons. The number of hydrogen-bond donors (Lipinski definition) is 2. The second-order valence-electron chi connectivity index (χ2n) is 7.42. The van der Waals surface area contributed by atoms with E-state index in [2.05, 4.69) is 10.2 Å². The third-order valence-corrected chi connectivity index (χ3v) is 5.67. The molecule has 4 rings (SSSR count). The van der Waals surface area contributed by atoms with Crippen LogP contribution in [-0.2, 0) is 16.8 Å². The first-order valence-electron chi connectivity index (χ1n) is 9.69. The molecule has 2 aromatic rings. The SMILES string of the molecule is O=C1CCc2c(cccc2OCCN2CCC(O)(c3ccccc3)CC2)N1. The van der Waals surface area contributed by atoms with Gasteiger partial charge in [-0.25, -0.2) is 0 Å². The van der Waals surface area contributed by atoms with Crippen molar-refractivity contribution in [3.63, 3.8) is 0 Å². The molecule has 2 aliphatic heterocycles. The summed E-state index contributed by atoms with van der Waals surface area (Å²) in [6.45, 7) is 3.16. The second-order valence-corrected chi connectivity index (χ2v) is 7.42. The monoisotopic (exact) mass is 366 g/mol. The third kappa shape index (κ3) is 3.99. The zero-order chi connectivity index (χ0) is 18.7. The smallest absolute Gasteiger partial charge is 0.224 e. The fraction of sp³-hybridized carbons (Fsp3) is 0.409. The number of likely N-dealkylation sites (tertiary alicyclic amines) is 1. The molecular weight excluding hydrogens is 340 g/mol. The average molecular weight is 366 g/mol. The molecule has 5 heteroatoms. The molecule has 0 saturated carbocycles. The van der Waals surface area contributed by atoms with Crippen molar-refractivity contribution >= 4 is 11.6 Å².